The van der Waals surface area contributed by atoms with Crippen molar-refractivity contribution in [2.45, 2.75) is 20.0 Å². The second-order valence-electron chi connectivity index (χ2n) is 5.27. The van der Waals surface area contributed by atoms with Gasteiger partial charge in [-0.25, -0.2) is 0 Å². The van der Waals surface area contributed by atoms with E-state index in [0.29, 0.717) is 12.3 Å². The van der Waals surface area contributed by atoms with Gasteiger partial charge >= 0.3 is 0 Å². The molecule has 3 rings (SSSR count). The molecule has 0 fully saturated rings. The maximum absolute atomic E-state index is 12.3. The van der Waals surface area contributed by atoms with Gasteiger partial charge in [0.15, 0.2) is 6.10 Å². The third-order valence-corrected chi connectivity index (χ3v) is 3.70. The Morgan fingerprint density at radius 3 is 2.81 bits per heavy atom. The normalized spacial score (nSPS) is 16.4. The summed E-state index contributed by atoms with van der Waals surface area (Å²) in [6, 6.07) is 13.5. The van der Waals surface area contributed by atoms with Crippen LogP contribution >= 0.6 is 0 Å². The van der Waals surface area contributed by atoms with Gasteiger partial charge in [0, 0.05) is 5.69 Å². The molecule has 1 unspecified atom stereocenters. The molecule has 108 valence electrons. The molecule has 2 aromatic rings. The van der Waals surface area contributed by atoms with Gasteiger partial charge in [0.25, 0.3) is 5.91 Å². The number of carbonyl (C=O) groups excluding carboxylic acids is 1. The van der Waals surface area contributed by atoms with Crippen molar-refractivity contribution in [1.29, 1.82) is 0 Å². The molecule has 1 amide bonds. The zero-order chi connectivity index (χ0) is 14.8. The van der Waals surface area contributed by atoms with E-state index in [-0.39, 0.29) is 5.91 Å². The first-order chi connectivity index (χ1) is 10.1. The van der Waals surface area contributed by atoms with Gasteiger partial charge in [0.1, 0.15) is 5.75 Å². The summed E-state index contributed by atoms with van der Waals surface area (Å²) < 4.78 is 5.75. The van der Waals surface area contributed by atoms with Gasteiger partial charge < -0.3 is 15.4 Å². The fourth-order valence-electron chi connectivity index (χ4n) is 2.30. The van der Waals surface area contributed by atoms with E-state index in [2.05, 4.69) is 10.6 Å². The highest BCUT2D eigenvalue weighted by Gasteiger charge is 2.25. The number of para-hydroxylation sites is 2. The molecular formula is C17H18N2O2. The molecule has 1 heterocycles. The average molecular weight is 282 g/mol. The number of nitrogens with one attached hydrogen (secondary N) is 2. The van der Waals surface area contributed by atoms with Crippen LogP contribution in [0, 0.1) is 13.8 Å². The van der Waals surface area contributed by atoms with E-state index >= 15 is 0 Å². The van der Waals surface area contributed by atoms with E-state index in [0.717, 1.165) is 16.9 Å². The molecule has 4 heteroatoms. The van der Waals surface area contributed by atoms with Crippen LogP contribution in [0.4, 0.5) is 11.4 Å². The van der Waals surface area contributed by atoms with Crippen LogP contribution in [0.25, 0.3) is 0 Å². The minimum Gasteiger partial charge on any atom is -0.477 e. The highest BCUT2D eigenvalue weighted by Crippen LogP contribution is 2.28. The van der Waals surface area contributed by atoms with Crippen molar-refractivity contribution >= 4 is 17.3 Å². The molecule has 0 aliphatic carbocycles. The molecule has 21 heavy (non-hydrogen) atoms. The average Bonchev–Trinajstić information content (AvgIpc) is 2.50. The largest absolute Gasteiger partial charge is 0.477 e. The van der Waals surface area contributed by atoms with E-state index in [1.165, 1.54) is 5.56 Å². The monoisotopic (exact) mass is 282 g/mol. The van der Waals surface area contributed by atoms with Gasteiger partial charge in [0.05, 0.1) is 12.2 Å². The summed E-state index contributed by atoms with van der Waals surface area (Å²) in [5.74, 6) is 0.573. The Morgan fingerprint density at radius 2 is 2.00 bits per heavy atom. The smallest absolute Gasteiger partial charge is 0.267 e. The predicted molar refractivity (Wildman–Crippen MR) is 83.9 cm³/mol. The van der Waals surface area contributed by atoms with E-state index in [9.17, 15) is 4.79 Å². The summed E-state index contributed by atoms with van der Waals surface area (Å²) in [4.78, 5) is 12.3. The summed E-state index contributed by atoms with van der Waals surface area (Å²) in [6.07, 6.45) is -0.526. The zero-order valence-corrected chi connectivity index (χ0v) is 12.1. The maximum Gasteiger partial charge on any atom is 0.267 e. The van der Waals surface area contributed by atoms with Gasteiger partial charge in [-0.3, -0.25) is 4.79 Å². The molecule has 0 saturated heterocycles. The number of carbonyl (C=O) groups is 1. The molecule has 0 radical (unpaired) electrons. The van der Waals surface area contributed by atoms with E-state index in [1.54, 1.807) is 0 Å². The van der Waals surface area contributed by atoms with E-state index < -0.39 is 6.10 Å². The molecule has 1 atom stereocenters. The molecule has 0 aromatic heterocycles. The Morgan fingerprint density at radius 1 is 1.19 bits per heavy atom. The van der Waals surface area contributed by atoms with Crippen LogP contribution in [0.5, 0.6) is 5.75 Å². The molecule has 0 spiro atoms. The lowest BCUT2D eigenvalue weighted by atomic mass is 10.1. The zero-order valence-electron chi connectivity index (χ0n) is 12.1. The third-order valence-electron chi connectivity index (χ3n) is 3.70. The summed E-state index contributed by atoms with van der Waals surface area (Å²) in [5.41, 5.74) is 4.08. The number of rotatable bonds is 2. The molecule has 4 nitrogen and oxygen atoms in total. The molecule has 1 aliphatic rings. The van der Waals surface area contributed by atoms with Gasteiger partial charge in [-0.2, -0.15) is 0 Å². The standard InChI is InChI=1S/C17H18N2O2/c1-11-7-8-13(9-12(11)2)19-17(20)16-10-18-14-5-3-4-6-15(14)21-16/h3-9,16,18H,10H2,1-2H3,(H,19,20). The molecule has 0 saturated carbocycles. The lowest BCUT2D eigenvalue weighted by molar-refractivity contribution is -0.122. The molecule has 1 aliphatic heterocycles. The van der Waals surface area contributed by atoms with Crippen LogP contribution in [0.15, 0.2) is 42.5 Å². The Hall–Kier alpha value is -2.49. The van der Waals surface area contributed by atoms with Crippen LogP contribution < -0.4 is 15.4 Å². The summed E-state index contributed by atoms with van der Waals surface area (Å²) >= 11 is 0. The lowest BCUT2D eigenvalue weighted by Gasteiger charge is -2.26. The second-order valence-corrected chi connectivity index (χ2v) is 5.27. The third kappa shape index (κ3) is 2.84. The molecule has 2 N–H and O–H groups in total. The van der Waals surface area contributed by atoms with Crippen molar-refractivity contribution in [3.63, 3.8) is 0 Å². The Kier molecular flexibility index (Phi) is 3.52. The lowest BCUT2D eigenvalue weighted by Crippen LogP contribution is -2.41. The van der Waals surface area contributed by atoms with E-state index in [4.69, 9.17) is 4.74 Å². The van der Waals surface area contributed by atoms with Gasteiger partial charge in [-0.05, 0) is 49.2 Å². The predicted octanol–water partition coefficient (Wildman–Crippen LogP) is 3.12. The minimum absolute atomic E-state index is 0.139. The van der Waals surface area contributed by atoms with Crippen molar-refractivity contribution in [3.8, 4) is 5.75 Å². The fourth-order valence-corrected chi connectivity index (χ4v) is 2.30. The first-order valence-electron chi connectivity index (χ1n) is 7.01. The quantitative estimate of drug-likeness (QED) is 0.890. The van der Waals surface area contributed by atoms with Crippen molar-refractivity contribution in [1.82, 2.24) is 0 Å². The number of anilines is 2. The summed E-state index contributed by atoms with van der Waals surface area (Å²) in [6.45, 7) is 4.54. The second kappa shape index (κ2) is 5.48. The highest BCUT2D eigenvalue weighted by atomic mass is 16.5. The summed E-state index contributed by atoms with van der Waals surface area (Å²) in [7, 11) is 0. The van der Waals surface area contributed by atoms with Gasteiger partial charge in [0.2, 0.25) is 0 Å². The van der Waals surface area contributed by atoms with Crippen molar-refractivity contribution in [2.75, 3.05) is 17.2 Å². The Labute approximate surface area is 124 Å². The number of amides is 1. The topological polar surface area (TPSA) is 50.4 Å². The van der Waals surface area contributed by atoms with Crippen LogP contribution in [0.3, 0.4) is 0 Å². The van der Waals surface area contributed by atoms with Gasteiger partial charge in [-0.1, -0.05) is 18.2 Å². The number of aryl methyl sites for hydroxylation is 2. The fraction of sp³-hybridized carbons (Fsp3) is 0.235. The Bertz CT molecular complexity index is 682. The highest BCUT2D eigenvalue weighted by molar-refractivity contribution is 5.95. The minimum atomic E-state index is -0.526. The number of fused-ring (bicyclic) bond motifs is 1. The van der Waals surface area contributed by atoms with Crippen LogP contribution in [-0.4, -0.2) is 18.6 Å². The SMILES string of the molecule is Cc1ccc(NC(=O)C2CNc3ccccc3O2)cc1C. The summed E-state index contributed by atoms with van der Waals surface area (Å²) in [5, 5.41) is 6.12. The Balaban J connectivity index is 1.70. The van der Waals surface area contributed by atoms with Crippen LogP contribution in [0.2, 0.25) is 0 Å². The van der Waals surface area contributed by atoms with Crippen LogP contribution in [-0.2, 0) is 4.79 Å². The number of benzene rings is 2. The first-order valence-corrected chi connectivity index (χ1v) is 7.01. The molecular weight excluding hydrogens is 264 g/mol. The maximum atomic E-state index is 12.3. The van der Waals surface area contributed by atoms with Crippen molar-refractivity contribution in [2.24, 2.45) is 0 Å². The first kappa shape index (κ1) is 13.5. The molecule has 2 aromatic carbocycles. The number of hydrogen-bond donors (Lipinski definition) is 2. The van der Waals surface area contributed by atoms with Gasteiger partial charge in [-0.15, -0.1) is 0 Å². The van der Waals surface area contributed by atoms with Crippen molar-refractivity contribution in [3.05, 3.63) is 53.6 Å². The van der Waals surface area contributed by atoms with E-state index in [1.807, 2.05) is 56.3 Å². The van der Waals surface area contributed by atoms with Crippen molar-refractivity contribution < 1.29 is 9.53 Å². The van der Waals surface area contributed by atoms with Crippen LogP contribution in [0.1, 0.15) is 11.1 Å². The number of ether oxygens (including phenoxy) is 1. The number of hydrogen-bond acceptors (Lipinski definition) is 3. The molecule has 0 bridgehead atoms.